The molecule has 1 aliphatic rings. The Morgan fingerprint density at radius 3 is 2.79 bits per heavy atom. The molecule has 146 valence electrons. The molecule has 0 unspecified atom stereocenters. The highest BCUT2D eigenvalue weighted by Gasteiger charge is 2.19. The number of nitrogens with zero attached hydrogens (tertiary/aromatic N) is 1. The second kappa shape index (κ2) is 9.14. The minimum atomic E-state index is -0.480. The van der Waals surface area contributed by atoms with Crippen LogP contribution in [-0.2, 0) is 22.6 Å². The number of nitro groups is 1. The Labute approximate surface area is 163 Å². The van der Waals surface area contributed by atoms with Crippen LogP contribution in [0.25, 0.3) is 6.08 Å². The zero-order chi connectivity index (χ0) is 19.9. The number of nitro benzene ring substituents is 1. The summed E-state index contributed by atoms with van der Waals surface area (Å²) in [4.78, 5) is 22.9. The number of hydrogen-bond acceptors (Lipinski definition) is 5. The van der Waals surface area contributed by atoms with Gasteiger partial charge in [0.25, 0.3) is 5.69 Å². The molecular formula is C21H22N2O5. The van der Waals surface area contributed by atoms with Crippen LogP contribution in [0.1, 0.15) is 36.5 Å². The summed E-state index contributed by atoms with van der Waals surface area (Å²) >= 11 is 0. The lowest BCUT2D eigenvalue weighted by Gasteiger charge is -2.19. The Bertz CT molecular complexity index is 890. The molecule has 0 atom stereocenters. The minimum absolute atomic E-state index is 0.0717. The second-order valence-corrected chi connectivity index (χ2v) is 6.51. The highest BCUT2D eigenvalue weighted by atomic mass is 16.7. The van der Waals surface area contributed by atoms with Crippen LogP contribution in [0.3, 0.4) is 0 Å². The molecule has 1 amide bonds. The van der Waals surface area contributed by atoms with Crippen LogP contribution in [0.15, 0.2) is 42.5 Å². The normalized spacial score (nSPS) is 13.0. The molecule has 1 aliphatic heterocycles. The maximum Gasteiger partial charge on any atom is 0.270 e. The van der Waals surface area contributed by atoms with Gasteiger partial charge in [-0.25, -0.2) is 0 Å². The predicted molar refractivity (Wildman–Crippen MR) is 106 cm³/mol. The van der Waals surface area contributed by atoms with Gasteiger partial charge in [0.15, 0.2) is 6.79 Å². The lowest BCUT2D eigenvalue weighted by Crippen LogP contribution is -2.13. The molecule has 0 fully saturated rings. The largest absolute Gasteiger partial charge is 0.467 e. The summed E-state index contributed by atoms with van der Waals surface area (Å²) < 4.78 is 10.6. The van der Waals surface area contributed by atoms with Gasteiger partial charge in [-0.1, -0.05) is 25.5 Å². The van der Waals surface area contributed by atoms with Crippen LogP contribution in [-0.4, -0.2) is 17.6 Å². The van der Waals surface area contributed by atoms with E-state index in [0.29, 0.717) is 22.6 Å². The number of unbranched alkanes of at least 4 members (excludes halogenated alkanes) is 1. The van der Waals surface area contributed by atoms with Crippen molar-refractivity contribution < 1.29 is 19.2 Å². The van der Waals surface area contributed by atoms with Crippen molar-refractivity contribution in [3.63, 3.8) is 0 Å². The van der Waals surface area contributed by atoms with E-state index in [1.54, 1.807) is 0 Å². The van der Waals surface area contributed by atoms with Crippen molar-refractivity contribution in [3.8, 4) is 5.75 Å². The van der Waals surface area contributed by atoms with Gasteiger partial charge in [0.05, 0.1) is 11.5 Å². The quantitative estimate of drug-likeness (QED) is 0.434. The van der Waals surface area contributed by atoms with Crippen LogP contribution in [0.4, 0.5) is 11.4 Å². The van der Waals surface area contributed by atoms with Gasteiger partial charge in [-0.05, 0) is 36.6 Å². The SMILES string of the molecule is CCCCc1ccc(NC(=O)/C=C/c2cc([N+](=O)[O-])cc3c2OCOC3)cc1. The van der Waals surface area contributed by atoms with Gasteiger partial charge in [0, 0.05) is 35.0 Å². The molecule has 3 rings (SSSR count). The first kappa shape index (κ1) is 19.6. The summed E-state index contributed by atoms with van der Waals surface area (Å²) in [5, 5.41) is 13.9. The number of anilines is 1. The zero-order valence-electron chi connectivity index (χ0n) is 15.6. The molecule has 7 nitrogen and oxygen atoms in total. The van der Waals surface area contributed by atoms with Crippen LogP contribution in [0, 0.1) is 10.1 Å². The topological polar surface area (TPSA) is 90.7 Å². The van der Waals surface area contributed by atoms with Crippen LogP contribution in [0.5, 0.6) is 5.75 Å². The summed E-state index contributed by atoms with van der Waals surface area (Å²) in [5.74, 6) is 0.176. The standard InChI is InChI=1S/C21H22N2O5/c1-2-3-4-15-5-8-18(9-6-15)22-20(24)10-7-16-11-19(23(25)26)12-17-13-27-14-28-21(16)17/h5-12H,2-4,13-14H2,1H3,(H,22,24)/b10-7+. The predicted octanol–water partition coefficient (Wildman–Crippen LogP) is 4.46. The van der Waals surface area contributed by atoms with E-state index in [1.807, 2.05) is 24.3 Å². The molecule has 7 heteroatoms. The fourth-order valence-electron chi connectivity index (χ4n) is 2.95. The molecule has 0 saturated carbocycles. The molecule has 0 aromatic heterocycles. The molecule has 0 aliphatic carbocycles. The number of amides is 1. The van der Waals surface area contributed by atoms with Gasteiger partial charge in [0.1, 0.15) is 5.75 Å². The molecular weight excluding hydrogens is 360 g/mol. The summed E-state index contributed by atoms with van der Waals surface area (Å²) in [6, 6.07) is 10.5. The second-order valence-electron chi connectivity index (χ2n) is 6.51. The third-order valence-electron chi connectivity index (χ3n) is 4.39. The van der Waals surface area contributed by atoms with Crippen molar-refractivity contribution >= 4 is 23.4 Å². The highest BCUT2D eigenvalue weighted by molar-refractivity contribution is 6.02. The number of carbonyl (C=O) groups excluding carboxylic acids is 1. The lowest BCUT2D eigenvalue weighted by atomic mass is 10.1. The van der Waals surface area contributed by atoms with Gasteiger partial charge in [-0.3, -0.25) is 14.9 Å². The average Bonchev–Trinajstić information content (AvgIpc) is 2.71. The average molecular weight is 382 g/mol. The molecule has 0 saturated heterocycles. The van der Waals surface area contributed by atoms with Gasteiger partial charge in [0.2, 0.25) is 5.91 Å². The van der Waals surface area contributed by atoms with E-state index < -0.39 is 4.92 Å². The Morgan fingerprint density at radius 2 is 2.07 bits per heavy atom. The molecule has 1 heterocycles. The zero-order valence-corrected chi connectivity index (χ0v) is 15.6. The maximum atomic E-state index is 12.2. The van der Waals surface area contributed by atoms with Gasteiger partial charge in [-0.2, -0.15) is 0 Å². The van der Waals surface area contributed by atoms with Crippen molar-refractivity contribution in [1.82, 2.24) is 0 Å². The third kappa shape index (κ3) is 4.95. The number of carbonyl (C=O) groups is 1. The lowest BCUT2D eigenvalue weighted by molar-refractivity contribution is -0.385. The number of benzene rings is 2. The Balaban J connectivity index is 1.71. The van der Waals surface area contributed by atoms with E-state index in [-0.39, 0.29) is 25.0 Å². The van der Waals surface area contributed by atoms with Gasteiger partial charge < -0.3 is 14.8 Å². The number of fused-ring (bicyclic) bond motifs is 1. The van der Waals surface area contributed by atoms with E-state index in [1.165, 1.54) is 29.8 Å². The van der Waals surface area contributed by atoms with Gasteiger partial charge in [-0.15, -0.1) is 0 Å². The fraction of sp³-hybridized carbons (Fsp3) is 0.286. The highest BCUT2D eigenvalue weighted by Crippen LogP contribution is 2.33. The number of non-ortho nitro benzene ring substituents is 1. The maximum absolute atomic E-state index is 12.2. The van der Waals surface area contributed by atoms with Crippen LogP contribution >= 0.6 is 0 Å². The molecule has 1 N–H and O–H groups in total. The van der Waals surface area contributed by atoms with Crippen molar-refractivity contribution in [2.24, 2.45) is 0 Å². The summed E-state index contributed by atoms with van der Waals surface area (Å²) in [6.07, 6.45) is 6.15. The molecule has 2 aromatic carbocycles. The molecule has 0 bridgehead atoms. The van der Waals surface area contributed by atoms with E-state index in [2.05, 4.69) is 12.2 Å². The molecule has 2 aromatic rings. The van der Waals surface area contributed by atoms with E-state index in [4.69, 9.17) is 9.47 Å². The number of aryl methyl sites for hydroxylation is 1. The monoisotopic (exact) mass is 382 g/mol. The molecule has 0 radical (unpaired) electrons. The van der Waals surface area contributed by atoms with Crippen molar-refractivity contribution in [1.29, 1.82) is 0 Å². The fourth-order valence-corrected chi connectivity index (χ4v) is 2.95. The first-order chi connectivity index (χ1) is 13.6. The summed E-state index contributed by atoms with van der Waals surface area (Å²) in [5.41, 5.74) is 2.91. The van der Waals surface area contributed by atoms with Crippen molar-refractivity contribution in [3.05, 3.63) is 69.3 Å². The Kier molecular flexibility index (Phi) is 6.39. The first-order valence-corrected chi connectivity index (χ1v) is 9.16. The molecule has 0 spiro atoms. The Hall–Kier alpha value is -3.19. The minimum Gasteiger partial charge on any atom is -0.467 e. The Morgan fingerprint density at radius 1 is 1.29 bits per heavy atom. The van der Waals surface area contributed by atoms with Crippen LogP contribution < -0.4 is 10.1 Å². The number of hydrogen-bond donors (Lipinski definition) is 1. The number of nitrogens with one attached hydrogen (secondary N) is 1. The first-order valence-electron chi connectivity index (χ1n) is 9.16. The van der Waals surface area contributed by atoms with E-state index in [0.717, 1.165) is 19.3 Å². The smallest absolute Gasteiger partial charge is 0.270 e. The number of rotatable bonds is 7. The summed E-state index contributed by atoms with van der Waals surface area (Å²) in [7, 11) is 0. The van der Waals surface area contributed by atoms with Crippen molar-refractivity contribution in [2.45, 2.75) is 32.8 Å². The van der Waals surface area contributed by atoms with Crippen LogP contribution in [0.2, 0.25) is 0 Å². The van der Waals surface area contributed by atoms with Crippen molar-refractivity contribution in [2.75, 3.05) is 12.1 Å². The molecule has 28 heavy (non-hydrogen) atoms. The summed E-state index contributed by atoms with van der Waals surface area (Å²) in [6.45, 7) is 2.45. The third-order valence-corrected chi connectivity index (χ3v) is 4.39. The van der Waals surface area contributed by atoms with Gasteiger partial charge >= 0.3 is 0 Å². The van der Waals surface area contributed by atoms with E-state index in [9.17, 15) is 14.9 Å². The van der Waals surface area contributed by atoms with E-state index >= 15 is 0 Å². The number of ether oxygens (including phenoxy) is 2.